The molecule has 0 spiro atoms. The lowest BCUT2D eigenvalue weighted by Crippen LogP contribution is -2.33. The first-order valence-corrected chi connectivity index (χ1v) is 9.66. The Kier molecular flexibility index (Phi) is 5.61. The summed E-state index contributed by atoms with van der Waals surface area (Å²) in [4.78, 5) is 13.7. The molecule has 1 aromatic carbocycles. The van der Waals surface area contributed by atoms with Gasteiger partial charge in [0, 0.05) is 41.2 Å². The molecule has 1 saturated heterocycles. The minimum Gasteiger partial charge on any atom is -0.370 e. The van der Waals surface area contributed by atoms with Crippen molar-refractivity contribution in [2.24, 2.45) is 5.92 Å². The van der Waals surface area contributed by atoms with Crippen LogP contribution in [0.4, 0.5) is 5.82 Å². The first kappa shape index (κ1) is 17.9. The summed E-state index contributed by atoms with van der Waals surface area (Å²) in [5.41, 5.74) is 2.77. The molecule has 0 aliphatic carbocycles. The van der Waals surface area contributed by atoms with Gasteiger partial charge in [0.05, 0.1) is 5.69 Å². The minimum atomic E-state index is 0.620. The second kappa shape index (κ2) is 8.46. The smallest absolute Gasteiger partial charge is 0.163 e. The molecule has 1 aliphatic heterocycles. The Morgan fingerprint density at radius 2 is 2.00 bits per heavy atom. The highest BCUT2D eigenvalue weighted by Gasteiger charge is 2.14. The Labute approximate surface area is 164 Å². The number of nitrogens with one attached hydrogen (secondary N) is 2. The van der Waals surface area contributed by atoms with Gasteiger partial charge in [0.25, 0.3) is 0 Å². The molecule has 1 aliphatic rings. The van der Waals surface area contributed by atoms with Crippen LogP contribution < -0.4 is 10.6 Å². The third kappa shape index (κ3) is 4.62. The summed E-state index contributed by atoms with van der Waals surface area (Å²) < 4.78 is 0. The molecule has 1 fully saturated rings. The van der Waals surface area contributed by atoms with Gasteiger partial charge in [-0.3, -0.25) is 4.98 Å². The van der Waals surface area contributed by atoms with E-state index in [2.05, 4.69) is 15.6 Å². The SMILES string of the molecule is Clc1ccc(-c2cc(NCC3CCCNC3)nc(-c3cccnc3)n2)cc1. The van der Waals surface area contributed by atoms with Crippen LogP contribution in [0.2, 0.25) is 5.02 Å². The predicted molar refractivity (Wildman–Crippen MR) is 110 cm³/mol. The van der Waals surface area contributed by atoms with Crippen LogP contribution in [0.1, 0.15) is 12.8 Å². The van der Waals surface area contributed by atoms with Gasteiger partial charge in [0.15, 0.2) is 5.82 Å². The third-order valence-corrected chi connectivity index (χ3v) is 5.01. The quantitative estimate of drug-likeness (QED) is 0.693. The van der Waals surface area contributed by atoms with Crippen LogP contribution in [-0.2, 0) is 0 Å². The van der Waals surface area contributed by atoms with E-state index in [0.29, 0.717) is 16.8 Å². The van der Waals surface area contributed by atoms with E-state index in [1.54, 1.807) is 12.4 Å². The van der Waals surface area contributed by atoms with Gasteiger partial charge < -0.3 is 10.6 Å². The normalized spacial score (nSPS) is 16.9. The van der Waals surface area contributed by atoms with Gasteiger partial charge >= 0.3 is 0 Å². The van der Waals surface area contributed by atoms with Gasteiger partial charge in [-0.1, -0.05) is 23.7 Å². The Balaban J connectivity index is 1.64. The summed E-state index contributed by atoms with van der Waals surface area (Å²) in [6, 6.07) is 13.6. The zero-order chi connectivity index (χ0) is 18.5. The number of benzene rings is 1. The lowest BCUT2D eigenvalue weighted by Gasteiger charge is -2.23. The monoisotopic (exact) mass is 379 g/mol. The maximum atomic E-state index is 6.03. The van der Waals surface area contributed by atoms with Crippen molar-refractivity contribution in [3.05, 3.63) is 59.9 Å². The molecule has 3 heterocycles. The molecule has 5 nitrogen and oxygen atoms in total. The van der Waals surface area contributed by atoms with E-state index >= 15 is 0 Å². The first-order valence-electron chi connectivity index (χ1n) is 9.28. The number of nitrogens with zero attached hydrogens (tertiary/aromatic N) is 3. The molecule has 1 unspecified atom stereocenters. The van der Waals surface area contributed by atoms with Gasteiger partial charge in [0.1, 0.15) is 5.82 Å². The lowest BCUT2D eigenvalue weighted by molar-refractivity contribution is 0.392. The van der Waals surface area contributed by atoms with Crippen molar-refractivity contribution in [1.29, 1.82) is 0 Å². The fourth-order valence-corrected chi connectivity index (χ4v) is 3.40. The first-order chi connectivity index (χ1) is 13.3. The van der Waals surface area contributed by atoms with Crippen molar-refractivity contribution in [1.82, 2.24) is 20.3 Å². The lowest BCUT2D eigenvalue weighted by atomic mass is 10.00. The topological polar surface area (TPSA) is 62.7 Å². The largest absolute Gasteiger partial charge is 0.370 e. The number of aromatic nitrogens is 3. The second-order valence-corrected chi connectivity index (χ2v) is 7.24. The van der Waals surface area contributed by atoms with Crippen LogP contribution in [0, 0.1) is 5.92 Å². The number of hydrogen-bond acceptors (Lipinski definition) is 5. The van der Waals surface area contributed by atoms with Crippen LogP contribution in [0.25, 0.3) is 22.6 Å². The molecule has 4 rings (SSSR count). The number of rotatable bonds is 5. The van der Waals surface area contributed by atoms with Crippen molar-refractivity contribution in [2.75, 3.05) is 25.0 Å². The summed E-state index contributed by atoms with van der Waals surface area (Å²) in [7, 11) is 0. The zero-order valence-corrected chi connectivity index (χ0v) is 15.8. The number of halogens is 1. The summed E-state index contributed by atoms with van der Waals surface area (Å²) >= 11 is 6.03. The molecule has 0 radical (unpaired) electrons. The highest BCUT2D eigenvalue weighted by molar-refractivity contribution is 6.30. The average molecular weight is 380 g/mol. The average Bonchev–Trinajstić information content (AvgIpc) is 2.74. The molecule has 27 heavy (non-hydrogen) atoms. The van der Waals surface area contributed by atoms with Gasteiger partial charge in [-0.05, 0) is 56.1 Å². The standard InChI is InChI=1S/C21H22ClN5/c22-18-7-5-16(6-8-18)19-11-20(25-13-15-3-1-9-23-12-15)27-21(26-19)17-4-2-10-24-14-17/h2,4-8,10-11,14-15,23H,1,3,9,12-13H2,(H,25,26,27). The van der Waals surface area contributed by atoms with Gasteiger partial charge in [0.2, 0.25) is 0 Å². The van der Waals surface area contributed by atoms with E-state index in [0.717, 1.165) is 42.3 Å². The van der Waals surface area contributed by atoms with Crippen molar-refractivity contribution in [3.8, 4) is 22.6 Å². The van der Waals surface area contributed by atoms with Gasteiger partial charge in [-0.2, -0.15) is 0 Å². The van der Waals surface area contributed by atoms with Crippen LogP contribution in [0.3, 0.4) is 0 Å². The Morgan fingerprint density at radius 3 is 2.74 bits per heavy atom. The number of pyridine rings is 1. The fourth-order valence-electron chi connectivity index (χ4n) is 3.28. The highest BCUT2D eigenvalue weighted by Crippen LogP contribution is 2.25. The van der Waals surface area contributed by atoms with E-state index in [4.69, 9.17) is 21.6 Å². The minimum absolute atomic E-state index is 0.620. The van der Waals surface area contributed by atoms with Crippen LogP contribution in [0.5, 0.6) is 0 Å². The van der Waals surface area contributed by atoms with Crippen LogP contribution >= 0.6 is 11.6 Å². The predicted octanol–water partition coefficient (Wildman–Crippen LogP) is 4.27. The van der Waals surface area contributed by atoms with Gasteiger partial charge in [-0.25, -0.2) is 9.97 Å². The summed E-state index contributed by atoms with van der Waals surface area (Å²) in [6.07, 6.45) is 6.01. The fraction of sp³-hybridized carbons (Fsp3) is 0.286. The Morgan fingerprint density at radius 1 is 1.11 bits per heavy atom. The van der Waals surface area contributed by atoms with Crippen molar-refractivity contribution in [2.45, 2.75) is 12.8 Å². The molecule has 0 bridgehead atoms. The Hall–Kier alpha value is -2.50. The molecule has 1 atom stereocenters. The molecule has 2 aromatic heterocycles. The molecule has 3 aromatic rings. The van der Waals surface area contributed by atoms with Crippen molar-refractivity contribution in [3.63, 3.8) is 0 Å². The van der Waals surface area contributed by atoms with Gasteiger partial charge in [-0.15, -0.1) is 0 Å². The summed E-state index contributed by atoms with van der Waals surface area (Å²) in [5.74, 6) is 2.12. The highest BCUT2D eigenvalue weighted by atomic mass is 35.5. The van der Waals surface area contributed by atoms with Crippen molar-refractivity contribution < 1.29 is 0 Å². The molecule has 138 valence electrons. The van der Waals surface area contributed by atoms with Crippen LogP contribution in [0.15, 0.2) is 54.9 Å². The second-order valence-electron chi connectivity index (χ2n) is 6.80. The maximum absolute atomic E-state index is 6.03. The van der Waals surface area contributed by atoms with Crippen LogP contribution in [-0.4, -0.2) is 34.6 Å². The van der Waals surface area contributed by atoms with E-state index in [1.807, 2.05) is 42.5 Å². The molecule has 0 amide bonds. The Bertz CT molecular complexity index is 877. The maximum Gasteiger partial charge on any atom is 0.163 e. The third-order valence-electron chi connectivity index (χ3n) is 4.76. The molecular weight excluding hydrogens is 358 g/mol. The van der Waals surface area contributed by atoms with Crippen molar-refractivity contribution >= 4 is 17.4 Å². The molecule has 2 N–H and O–H groups in total. The van der Waals surface area contributed by atoms with E-state index in [1.165, 1.54) is 12.8 Å². The molecule has 6 heteroatoms. The van der Waals surface area contributed by atoms with E-state index in [9.17, 15) is 0 Å². The van der Waals surface area contributed by atoms with E-state index < -0.39 is 0 Å². The number of piperidine rings is 1. The number of hydrogen-bond donors (Lipinski definition) is 2. The molecular formula is C21H22ClN5. The number of anilines is 1. The summed E-state index contributed by atoms with van der Waals surface area (Å²) in [5, 5.41) is 7.68. The molecule has 0 saturated carbocycles. The zero-order valence-electron chi connectivity index (χ0n) is 15.0. The summed E-state index contributed by atoms with van der Waals surface area (Å²) in [6.45, 7) is 3.07. The van der Waals surface area contributed by atoms with E-state index in [-0.39, 0.29) is 0 Å².